The predicted molar refractivity (Wildman–Crippen MR) is 123 cm³/mol. The Balaban J connectivity index is 1.75. The summed E-state index contributed by atoms with van der Waals surface area (Å²) in [6.07, 6.45) is 4.01. The van der Waals surface area contributed by atoms with E-state index in [-0.39, 0.29) is 17.9 Å². The van der Waals surface area contributed by atoms with E-state index >= 15 is 0 Å². The zero-order chi connectivity index (χ0) is 22.4. The molecule has 1 aromatic heterocycles. The molecule has 160 valence electrons. The minimum atomic E-state index is -0.319. The lowest BCUT2D eigenvalue weighted by Gasteiger charge is -2.27. The summed E-state index contributed by atoms with van der Waals surface area (Å²) in [6.45, 7) is 8.00. The molecule has 0 unspecified atom stereocenters. The van der Waals surface area contributed by atoms with Crippen LogP contribution in [0.5, 0.6) is 0 Å². The number of hydrogen-bond donors (Lipinski definition) is 1. The normalized spacial score (nSPS) is 10.7. The highest BCUT2D eigenvalue weighted by Gasteiger charge is 2.20. The van der Waals surface area contributed by atoms with Crippen molar-refractivity contribution in [3.8, 4) is 11.1 Å². The van der Waals surface area contributed by atoms with Crippen molar-refractivity contribution in [1.82, 2.24) is 15.4 Å². The maximum Gasteiger partial charge on any atom is 0.269 e. The standard InChI is InChI=1S/C26H29N3O2/c1-18(2)29(28-26(31)22-14-16-27-17-15-22)25(30)13-12-21-9-5-6-10-24(21)23-11-7-8-19(3)20(23)4/h5-11,14-18H,12-13H2,1-4H3,(H,28,31). The first-order chi connectivity index (χ1) is 14.9. The maximum atomic E-state index is 13.0. The van der Waals surface area contributed by atoms with Crippen LogP contribution in [-0.2, 0) is 11.2 Å². The number of amides is 2. The van der Waals surface area contributed by atoms with Crippen molar-refractivity contribution >= 4 is 11.8 Å². The van der Waals surface area contributed by atoms with Crippen molar-refractivity contribution in [3.63, 3.8) is 0 Å². The summed E-state index contributed by atoms with van der Waals surface area (Å²) < 4.78 is 0. The number of aromatic nitrogens is 1. The van der Waals surface area contributed by atoms with Crippen molar-refractivity contribution < 1.29 is 9.59 Å². The van der Waals surface area contributed by atoms with Crippen molar-refractivity contribution in [2.24, 2.45) is 0 Å². The lowest BCUT2D eigenvalue weighted by atomic mass is 9.92. The second kappa shape index (κ2) is 10.0. The molecule has 5 nitrogen and oxygen atoms in total. The van der Waals surface area contributed by atoms with Gasteiger partial charge >= 0.3 is 0 Å². The van der Waals surface area contributed by atoms with Crippen LogP contribution >= 0.6 is 0 Å². The average Bonchev–Trinajstić information content (AvgIpc) is 2.78. The van der Waals surface area contributed by atoms with Gasteiger partial charge in [-0.1, -0.05) is 42.5 Å². The van der Waals surface area contributed by atoms with Gasteiger partial charge in [0.1, 0.15) is 0 Å². The number of hydrazine groups is 1. The quantitative estimate of drug-likeness (QED) is 0.584. The molecule has 1 heterocycles. The third-order valence-electron chi connectivity index (χ3n) is 5.47. The number of benzene rings is 2. The molecule has 0 saturated heterocycles. The lowest BCUT2D eigenvalue weighted by Crippen LogP contribution is -2.50. The van der Waals surface area contributed by atoms with E-state index in [9.17, 15) is 9.59 Å². The number of rotatable bonds is 6. The molecule has 0 bridgehead atoms. The number of nitrogens with zero attached hydrogens (tertiary/aromatic N) is 2. The van der Waals surface area contributed by atoms with Crippen LogP contribution in [0.3, 0.4) is 0 Å². The lowest BCUT2D eigenvalue weighted by molar-refractivity contribution is -0.135. The molecule has 0 aliphatic carbocycles. The molecule has 0 aliphatic rings. The van der Waals surface area contributed by atoms with Crippen LogP contribution in [-0.4, -0.2) is 27.8 Å². The predicted octanol–water partition coefficient (Wildman–Crippen LogP) is 4.88. The van der Waals surface area contributed by atoms with Gasteiger partial charge in [-0.15, -0.1) is 0 Å². The Kier molecular flexibility index (Phi) is 7.19. The molecular weight excluding hydrogens is 386 g/mol. The SMILES string of the molecule is Cc1cccc(-c2ccccc2CCC(=O)N(NC(=O)c2ccncc2)C(C)C)c1C. The summed E-state index contributed by atoms with van der Waals surface area (Å²) in [6, 6.07) is 17.6. The minimum absolute atomic E-state index is 0.117. The number of nitrogens with one attached hydrogen (secondary N) is 1. The summed E-state index contributed by atoms with van der Waals surface area (Å²) in [5.41, 5.74) is 9.16. The molecule has 3 rings (SSSR count). The molecule has 0 radical (unpaired) electrons. The Morgan fingerprint density at radius 2 is 1.61 bits per heavy atom. The number of carbonyl (C=O) groups is 2. The van der Waals surface area contributed by atoms with E-state index < -0.39 is 0 Å². The van der Waals surface area contributed by atoms with Crippen molar-refractivity contribution in [2.45, 2.75) is 46.6 Å². The molecule has 0 spiro atoms. The fraction of sp³-hybridized carbons (Fsp3) is 0.269. The average molecular weight is 416 g/mol. The summed E-state index contributed by atoms with van der Waals surface area (Å²) >= 11 is 0. The molecule has 31 heavy (non-hydrogen) atoms. The van der Waals surface area contributed by atoms with E-state index in [1.165, 1.54) is 21.7 Å². The molecule has 2 aromatic carbocycles. The van der Waals surface area contributed by atoms with E-state index in [4.69, 9.17) is 0 Å². The molecule has 0 aliphatic heterocycles. The second-order valence-electron chi connectivity index (χ2n) is 7.94. The van der Waals surface area contributed by atoms with Crippen LogP contribution in [0.2, 0.25) is 0 Å². The smallest absolute Gasteiger partial charge is 0.269 e. The number of pyridine rings is 1. The Morgan fingerprint density at radius 3 is 2.32 bits per heavy atom. The van der Waals surface area contributed by atoms with Gasteiger partial charge in [-0.3, -0.25) is 25.0 Å². The summed E-state index contributed by atoms with van der Waals surface area (Å²) in [5.74, 6) is -0.437. The Labute approximate surface area is 184 Å². The highest BCUT2D eigenvalue weighted by Crippen LogP contribution is 2.29. The Bertz CT molecular complexity index is 1060. The summed E-state index contributed by atoms with van der Waals surface area (Å²) in [7, 11) is 0. The molecule has 3 aromatic rings. The van der Waals surface area contributed by atoms with Gasteiger partial charge in [0.25, 0.3) is 5.91 Å². The third-order valence-corrected chi connectivity index (χ3v) is 5.47. The Morgan fingerprint density at radius 1 is 0.935 bits per heavy atom. The third kappa shape index (κ3) is 5.37. The zero-order valence-electron chi connectivity index (χ0n) is 18.6. The van der Waals surface area contributed by atoms with Crippen molar-refractivity contribution in [2.75, 3.05) is 0 Å². The summed E-state index contributed by atoms with van der Waals surface area (Å²) in [5, 5.41) is 1.42. The van der Waals surface area contributed by atoms with E-state index in [0.29, 0.717) is 18.4 Å². The molecular formula is C26H29N3O2. The van der Waals surface area contributed by atoms with Crippen LogP contribution in [0, 0.1) is 13.8 Å². The van der Waals surface area contributed by atoms with Gasteiger partial charge in [-0.2, -0.15) is 0 Å². The highest BCUT2D eigenvalue weighted by molar-refractivity contribution is 5.95. The first kappa shape index (κ1) is 22.2. The van der Waals surface area contributed by atoms with E-state index in [1.54, 1.807) is 24.5 Å². The first-order valence-electron chi connectivity index (χ1n) is 10.6. The van der Waals surface area contributed by atoms with Crippen LogP contribution < -0.4 is 5.43 Å². The van der Waals surface area contributed by atoms with Crippen LogP contribution in [0.25, 0.3) is 11.1 Å². The number of hydrogen-bond acceptors (Lipinski definition) is 3. The minimum Gasteiger partial charge on any atom is -0.273 e. The van der Waals surface area contributed by atoms with Gasteiger partial charge in [0.05, 0.1) is 0 Å². The van der Waals surface area contributed by atoms with Gasteiger partial charge in [0.2, 0.25) is 5.91 Å². The molecule has 0 atom stereocenters. The van der Waals surface area contributed by atoms with Crippen LogP contribution in [0.1, 0.15) is 47.3 Å². The van der Waals surface area contributed by atoms with Crippen LogP contribution in [0.4, 0.5) is 0 Å². The number of aryl methyl sites for hydroxylation is 2. The molecule has 5 heteroatoms. The van der Waals surface area contributed by atoms with E-state index in [2.05, 4.69) is 54.6 Å². The molecule has 0 fully saturated rings. The van der Waals surface area contributed by atoms with Gasteiger partial charge in [0, 0.05) is 30.4 Å². The maximum absolute atomic E-state index is 13.0. The Hall–Kier alpha value is -3.47. The first-order valence-corrected chi connectivity index (χ1v) is 10.6. The van der Waals surface area contributed by atoms with Crippen molar-refractivity contribution in [3.05, 3.63) is 89.2 Å². The summed E-state index contributed by atoms with van der Waals surface area (Å²) in [4.78, 5) is 29.4. The largest absolute Gasteiger partial charge is 0.273 e. The van der Waals surface area contributed by atoms with Gasteiger partial charge in [0.15, 0.2) is 0 Å². The fourth-order valence-corrected chi connectivity index (χ4v) is 3.56. The fourth-order valence-electron chi connectivity index (χ4n) is 3.56. The van der Waals surface area contributed by atoms with E-state index in [1.807, 2.05) is 26.0 Å². The molecule has 0 saturated carbocycles. The second-order valence-corrected chi connectivity index (χ2v) is 7.94. The topological polar surface area (TPSA) is 62.3 Å². The number of carbonyl (C=O) groups excluding carboxylic acids is 2. The van der Waals surface area contributed by atoms with Gasteiger partial charge in [-0.05, 0) is 74.1 Å². The van der Waals surface area contributed by atoms with Crippen LogP contribution in [0.15, 0.2) is 67.0 Å². The van der Waals surface area contributed by atoms with Gasteiger partial charge < -0.3 is 0 Å². The zero-order valence-corrected chi connectivity index (χ0v) is 18.6. The highest BCUT2D eigenvalue weighted by atomic mass is 16.2. The van der Waals surface area contributed by atoms with E-state index in [0.717, 1.165) is 11.1 Å². The molecule has 2 amide bonds. The van der Waals surface area contributed by atoms with Gasteiger partial charge in [-0.25, -0.2) is 0 Å². The monoisotopic (exact) mass is 415 g/mol. The molecule has 1 N–H and O–H groups in total. The van der Waals surface area contributed by atoms with Crippen molar-refractivity contribution in [1.29, 1.82) is 0 Å².